The molecule has 0 aromatic heterocycles. The van der Waals surface area contributed by atoms with E-state index in [1.807, 2.05) is 6.92 Å². The van der Waals surface area contributed by atoms with E-state index in [0.29, 0.717) is 12.0 Å². The summed E-state index contributed by atoms with van der Waals surface area (Å²) in [6, 6.07) is 7.39. The molecule has 0 saturated carbocycles. The highest BCUT2D eigenvalue weighted by Crippen LogP contribution is 2.15. The summed E-state index contributed by atoms with van der Waals surface area (Å²) >= 11 is 0. The molecule has 0 bridgehead atoms. The van der Waals surface area contributed by atoms with Crippen molar-refractivity contribution in [3.8, 4) is 0 Å². The Morgan fingerprint density at radius 2 is 2.23 bits per heavy atom. The summed E-state index contributed by atoms with van der Waals surface area (Å²) in [5.74, 6) is 0. The van der Waals surface area contributed by atoms with Crippen LogP contribution in [0.2, 0.25) is 0 Å². The number of aryl methyl sites for hydroxylation is 1. The molecule has 1 aromatic rings. The van der Waals surface area contributed by atoms with Crippen molar-refractivity contribution in [2.24, 2.45) is 0 Å². The van der Waals surface area contributed by atoms with Gasteiger partial charge in [-0.15, -0.1) is 0 Å². The second-order valence-corrected chi connectivity index (χ2v) is 4.11. The van der Waals surface area contributed by atoms with Gasteiger partial charge >= 0.3 is 0 Å². The Bertz CT molecular complexity index is 382. The standard InChI is InChI=1S/C9H11O3S/c1-2-5-8-6-3-4-7-9(8)13(10,11)12/h3-4,6H,2,5H2,1H3,(H,10,11,12). The second-order valence-electron chi connectivity index (χ2n) is 2.75. The van der Waals surface area contributed by atoms with E-state index < -0.39 is 10.1 Å². The minimum Gasteiger partial charge on any atom is -0.282 e. The number of benzene rings is 1. The molecular formula is C9H11O3S. The first-order valence-corrected chi connectivity index (χ1v) is 5.46. The maximum Gasteiger partial charge on any atom is 0.295 e. The molecule has 13 heavy (non-hydrogen) atoms. The Labute approximate surface area is 78.2 Å². The van der Waals surface area contributed by atoms with Gasteiger partial charge in [-0.1, -0.05) is 31.5 Å². The smallest absolute Gasteiger partial charge is 0.282 e. The van der Waals surface area contributed by atoms with Crippen LogP contribution < -0.4 is 0 Å². The SMILES string of the molecule is CCCc1ccc[c]c1S(=O)(=O)O. The quantitative estimate of drug-likeness (QED) is 0.753. The summed E-state index contributed by atoms with van der Waals surface area (Å²) in [5.41, 5.74) is 0.618. The Morgan fingerprint density at radius 1 is 1.54 bits per heavy atom. The lowest BCUT2D eigenvalue weighted by molar-refractivity contribution is 0.482. The van der Waals surface area contributed by atoms with Crippen molar-refractivity contribution in [2.75, 3.05) is 0 Å². The molecule has 0 aliphatic heterocycles. The highest BCUT2D eigenvalue weighted by Gasteiger charge is 2.13. The molecule has 0 heterocycles. The third kappa shape index (κ3) is 2.54. The minimum atomic E-state index is -4.11. The van der Waals surface area contributed by atoms with Crippen molar-refractivity contribution in [1.82, 2.24) is 0 Å². The summed E-state index contributed by atoms with van der Waals surface area (Å²) in [5, 5.41) is 0. The van der Waals surface area contributed by atoms with E-state index in [4.69, 9.17) is 4.55 Å². The average molecular weight is 199 g/mol. The Kier molecular flexibility index (Phi) is 3.06. The van der Waals surface area contributed by atoms with Crippen molar-refractivity contribution in [1.29, 1.82) is 0 Å². The molecule has 1 rings (SSSR count). The fourth-order valence-electron chi connectivity index (χ4n) is 1.16. The third-order valence-electron chi connectivity index (χ3n) is 1.68. The molecule has 0 amide bonds. The van der Waals surface area contributed by atoms with Gasteiger partial charge in [-0.3, -0.25) is 4.55 Å². The van der Waals surface area contributed by atoms with Crippen LogP contribution in [0.25, 0.3) is 0 Å². The first-order valence-electron chi connectivity index (χ1n) is 4.02. The zero-order valence-corrected chi connectivity index (χ0v) is 8.13. The van der Waals surface area contributed by atoms with E-state index >= 15 is 0 Å². The van der Waals surface area contributed by atoms with Gasteiger partial charge in [0.25, 0.3) is 10.1 Å². The maximum absolute atomic E-state index is 10.9. The molecule has 0 atom stereocenters. The van der Waals surface area contributed by atoms with Gasteiger partial charge in [0.15, 0.2) is 0 Å². The third-order valence-corrected chi connectivity index (χ3v) is 2.57. The predicted octanol–water partition coefficient (Wildman–Crippen LogP) is 1.69. The molecule has 1 radical (unpaired) electrons. The lowest BCUT2D eigenvalue weighted by atomic mass is 10.1. The molecule has 0 aliphatic rings. The molecule has 4 heteroatoms. The monoisotopic (exact) mass is 199 g/mol. The van der Waals surface area contributed by atoms with Gasteiger partial charge in [0.2, 0.25) is 0 Å². The van der Waals surface area contributed by atoms with Gasteiger partial charge in [-0.05, 0) is 12.0 Å². The second kappa shape index (κ2) is 3.89. The zero-order chi connectivity index (χ0) is 9.90. The molecule has 0 fully saturated rings. The van der Waals surface area contributed by atoms with Crippen molar-refractivity contribution in [3.63, 3.8) is 0 Å². The van der Waals surface area contributed by atoms with Crippen LogP contribution in [0, 0.1) is 6.07 Å². The highest BCUT2D eigenvalue weighted by atomic mass is 32.2. The van der Waals surface area contributed by atoms with Crippen LogP contribution in [0.4, 0.5) is 0 Å². The predicted molar refractivity (Wildman–Crippen MR) is 49.1 cm³/mol. The van der Waals surface area contributed by atoms with Crippen LogP contribution in [0.1, 0.15) is 18.9 Å². The van der Waals surface area contributed by atoms with Crippen molar-refractivity contribution >= 4 is 10.1 Å². The van der Waals surface area contributed by atoms with Crippen molar-refractivity contribution in [3.05, 3.63) is 29.8 Å². The van der Waals surface area contributed by atoms with Crippen LogP contribution >= 0.6 is 0 Å². The molecule has 0 aliphatic carbocycles. The van der Waals surface area contributed by atoms with Crippen LogP contribution in [-0.4, -0.2) is 13.0 Å². The average Bonchev–Trinajstić information content (AvgIpc) is 2.04. The van der Waals surface area contributed by atoms with Crippen LogP contribution in [0.5, 0.6) is 0 Å². The highest BCUT2D eigenvalue weighted by molar-refractivity contribution is 7.85. The van der Waals surface area contributed by atoms with Crippen LogP contribution in [0.3, 0.4) is 0 Å². The van der Waals surface area contributed by atoms with Gasteiger partial charge in [-0.2, -0.15) is 8.42 Å². The molecule has 0 spiro atoms. The van der Waals surface area contributed by atoms with E-state index in [2.05, 4.69) is 6.07 Å². The Morgan fingerprint density at radius 3 is 2.77 bits per heavy atom. The number of hydrogen-bond donors (Lipinski definition) is 1. The number of rotatable bonds is 3. The molecule has 0 unspecified atom stereocenters. The van der Waals surface area contributed by atoms with Crippen LogP contribution in [0.15, 0.2) is 23.1 Å². The van der Waals surface area contributed by atoms with E-state index in [9.17, 15) is 8.42 Å². The largest absolute Gasteiger partial charge is 0.295 e. The van der Waals surface area contributed by atoms with E-state index in [0.717, 1.165) is 6.42 Å². The fraction of sp³-hybridized carbons (Fsp3) is 0.333. The molecule has 71 valence electrons. The minimum absolute atomic E-state index is 0.100. The number of hydrogen-bond acceptors (Lipinski definition) is 2. The van der Waals surface area contributed by atoms with Gasteiger partial charge in [0, 0.05) is 6.07 Å². The summed E-state index contributed by atoms with van der Waals surface area (Å²) in [7, 11) is -4.11. The van der Waals surface area contributed by atoms with Crippen LogP contribution in [-0.2, 0) is 16.5 Å². The normalized spacial score (nSPS) is 11.5. The van der Waals surface area contributed by atoms with Gasteiger partial charge in [-0.25, -0.2) is 0 Å². The first-order chi connectivity index (χ1) is 6.05. The fourth-order valence-corrected chi connectivity index (χ4v) is 1.88. The van der Waals surface area contributed by atoms with Gasteiger partial charge in [0.1, 0.15) is 4.90 Å². The van der Waals surface area contributed by atoms with Crippen molar-refractivity contribution < 1.29 is 13.0 Å². The summed E-state index contributed by atoms with van der Waals surface area (Å²) in [6.07, 6.45) is 1.47. The zero-order valence-electron chi connectivity index (χ0n) is 7.32. The maximum atomic E-state index is 10.9. The first kappa shape index (κ1) is 10.2. The molecule has 1 N–H and O–H groups in total. The van der Waals surface area contributed by atoms with E-state index in [1.54, 1.807) is 12.1 Å². The topological polar surface area (TPSA) is 54.4 Å². The van der Waals surface area contributed by atoms with Gasteiger partial charge < -0.3 is 0 Å². The molecule has 1 aromatic carbocycles. The van der Waals surface area contributed by atoms with Crippen molar-refractivity contribution in [2.45, 2.75) is 24.7 Å². The summed E-state index contributed by atoms with van der Waals surface area (Å²) in [6.45, 7) is 1.95. The Balaban J connectivity index is 3.20. The summed E-state index contributed by atoms with van der Waals surface area (Å²) < 4.78 is 30.5. The molecule has 0 saturated heterocycles. The molecule has 3 nitrogen and oxygen atoms in total. The lowest BCUT2D eigenvalue weighted by Crippen LogP contribution is -2.02. The van der Waals surface area contributed by atoms with E-state index in [-0.39, 0.29) is 4.90 Å². The molecular weight excluding hydrogens is 188 g/mol. The van der Waals surface area contributed by atoms with Gasteiger partial charge in [0.05, 0.1) is 0 Å². The van der Waals surface area contributed by atoms with E-state index in [1.165, 1.54) is 6.07 Å². The summed E-state index contributed by atoms with van der Waals surface area (Å²) in [4.78, 5) is -0.100. The Hall–Kier alpha value is -0.870. The lowest BCUT2D eigenvalue weighted by Gasteiger charge is -2.03.